The van der Waals surface area contributed by atoms with Gasteiger partial charge in [0.25, 0.3) is 0 Å². The molecule has 1 aliphatic rings. The van der Waals surface area contributed by atoms with E-state index in [1.54, 1.807) is 12.2 Å². The van der Waals surface area contributed by atoms with E-state index in [2.05, 4.69) is 0 Å². The molecule has 3 heteroatoms. The van der Waals surface area contributed by atoms with Crippen molar-refractivity contribution >= 4 is 12.0 Å². The normalized spacial score (nSPS) is 16.2. The Balaban J connectivity index is 1.87. The highest BCUT2D eigenvalue weighted by molar-refractivity contribution is 5.87. The fraction of sp³-hybridized carbons (Fsp3) is 0. The van der Waals surface area contributed by atoms with Crippen LogP contribution in [0.5, 0.6) is 0 Å². The van der Waals surface area contributed by atoms with Gasteiger partial charge in [-0.15, -0.1) is 0 Å². The first-order valence-electron chi connectivity index (χ1n) is 5.58. The number of allylic oxidation sites excluding steroid dienone is 1. The van der Waals surface area contributed by atoms with Gasteiger partial charge < -0.3 is 9.15 Å². The van der Waals surface area contributed by atoms with Gasteiger partial charge in [0.05, 0.1) is 0 Å². The average Bonchev–Trinajstić information content (AvgIpc) is 3.01. The van der Waals surface area contributed by atoms with Gasteiger partial charge >= 0.3 is 5.97 Å². The Labute approximate surface area is 104 Å². The maximum Gasteiger partial charge on any atom is 0.336 e. The van der Waals surface area contributed by atoms with Crippen LogP contribution in [0.1, 0.15) is 5.76 Å². The van der Waals surface area contributed by atoms with Crippen molar-refractivity contribution in [1.82, 2.24) is 0 Å². The van der Waals surface area contributed by atoms with Gasteiger partial charge in [-0.2, -0.15) is 0 Å². The van der Waals surface area contributed by atoms with Crippen LogP contribution in [0.25, 0.3) is 17.4 Å². The van der Waals surface area contributed by atoms with Crippen LogP contribution in [-0.4, -0.2) is 5.97 Å². The molecule has 1 aromatic heterocycles. The fourth-order valence-electron chi connectivity index (χ4n) is 1.74. The second-order valence-corrected chi connectivity index (χ2v) is 3.87. The minimum absolute atomic E-state index is 0.351. The molecule has 0 radical (unpaired) electrons. The van der Waals surface area contributed by atoms with Crippen LogP contribution < -0.4 is 0 Å². The maximum atomic E-state index is 10.9. The largest absolute Gasteiger partial charge is 0.457 e. The molecule has 1 aromatic carbocycles. The molecule has 0 spiro atoms. The summed E-state index contributed by atoms with van der Waals surface area (Å²) in [5.41, 5.74) is 1.01. The molecule has 0 unspecified atom stereocenters. The lowest BCUT2D eigenvalue weighted by Crippen LogP contribution is -1.89. The van der Waals surface area contributed by atoms with E-state index < -0.39 is 0 Å². The molecule has 0 N–H and O–H groups in total. The molecule has 0 aliphatic carbocycles. The van der Waals surface area contributed by atoms with E-state index >= 15 is 0 Å². The van der Waals surface area contributed by atoms with Crippen molar-refractivity contribution in [1.29, 1.82) is 0 Å². The summed E-state index contributed by atoms with van der Waals surface area (Å²) in [6, 6.07) is 13.6. The standard InChI is InChI=1S/C15H10O3/c16-15-9-7-13(18-15)10-12-6-8-14(17-12)11-4-2-1-3-5-11/h1-10H. The van der Waals surface area contributed by atoms with Gasteiger partial charge in [-0.25, -0.2) is 4.79 Å². The summed E-state index contributed by atoms with van der Waals surface area (Å²) < 4.78 is 10.6. The van der Waals surface area contributed by atoms with Gasteiger partial charge in [0, 0.05) is 17.7 Å². The summed E-state index contributed by atoms with van der Waals surface area (Å²) in [6.07, 6.45) is 4.69. The highest BCUT2D eigenvalue weighted by Gasteiger charge is 2.10. The predicted molar refractivity (Wildman–Crippen MR) is 67.4 cm³/mol. The first-order chi connectivity index (χ1) is 8.81. The topological polar surface area (TPSA) is 39.4 Å². The van der Waals surface area contributed by atoms with E-state index in [0.717, 1.165) is 11.3 Å². The lowest BCUT2D eigenvalue weighted by atomic mass is 10.2. The molecule has 88 valence electrons. The number of carbonyl (C=O) groups excluding carboxylic acids is 1. The van der Waals surface area contributed by atoms with E-state index in [0.29, 0.717) is 11.5 Å². The number of ether oxygens (including phenoxy) is 1. The van der Waals surface area contributed by atoms with Crippen LogP contribution in [0.4, 0.5) is 0 Å². The Bertz CT molecular complexity index is 633. The summed E-state index contributed by atoms with van der Waals surface area (Å²) in [5, 5.41) is 0. The van der Waals surface area contributed by atoms with Crippen LogP contribution in [0.3, 0.4) is 0 Å². The Morgan fingerprint density at radius 1 is 0.944 bits per heavy atom. The van der Waals surface area contributed by atoms with E-state index in [1.807, 2.05) is 42.5 Å². The van der Waals surface area contributed by atoms with Gasteiger partial charge in [-0.05, 0) is 18.2 Å². The van der Waals surface area contributed by atoms with Crippen LogP contribution in [0.2, 0.25) is 0 Å². The Morgan fingerprint density at radius 3 is 2.50 bits per heavy atom. The van der Waals surface area contributed by atoms with Gasteiger partial charge in [0.2, 0.25) is 0 Å². The number of rotatable bonds is 2. The number of carbonyl (C=O) groups is 1. The molecule has 0 amide bonds. The highest BCUT2D eigenvalue weighted by Crippen LogP contribution is 2.24. The Kier molecular flexibility index (Phi) is 2.57. The zero-order valence-electron chi connectivity index (χ0n) is 9.50. The summed E-state index contributed by atoms with van der Waals surface area (Å²) in [6.45, 7) is 0. The second kappa shape index (κ2) is 4.37. The number of esters is 1. The number of benzene rings is 1. The van der Waals surface area contributed by atoms with Crippen LogP contribution >= 0.6 is 0 Å². The summed E-state index contributed by atoms with van der Waals surface area (Å²) in [4.78, 5) is 10.9. The third-order valence-electron chi connectivity index (χ3n) is 2.57. The molecular formula is C15H10O3. The average molecular weight is 238 g/mol. The van der Waals surface area contributed by atoms with Gasteiger partial charge in [-0.3, -0.25) is 0 Å². The van der Waals surface area contributed by atoms with E-state index in [1.165, 1.54) is 6.08 Å². The zero-order chi connectivity index (χ0) is 12.4. The smallest absolute Gasteiger partial charge is 0.336 e. The van der Waals surface area contributed by atoms with Gasteiger partial charge in [-0.1, -0.05) is 30.3 Å². The number of cyclic esters (lactones) is 1. The molecule has 18 heavy (non-hydrogen) atoms. The number of hydrogen-bond acceptors (Lipinski definition) is 3. The van der Waals surface area contributed by atoms with E-state index in [-0.39, 0.29) is 5.97 Å². The molecule has 3 rings (SSSR count). The molecule has 0 atom stereocenters. The van der Waals surface area contributed by atoms with Crippen LogP contribution in [-0.2, 0) is 9.53 Å². The molecule has 2 aromatic rings. The highest BCUT2D eigenvalue weighted by atomic mass is 16.5. The molecule has 0 saturated heterocycles. The lowest BCUT2D eigenvalue weighted by Gasteiger charge is -1.95. The van der Waals surface area contributed by atoms with Crippen molar-refractivity contribution in [2.45, 2.75) is 0 Å². The SMILES string of the molecule is O=C1C=CC(=Cc2ccc(-c3ccccc3)o2)O1. The number of furan rings is 1. The summed E-state index contributed by atoms with van der Waals surface area (Å²) >= 11 is 0. The van der Waals surface area contributed by atoms with Crippen molar-refractivity contribution in [3.05, 3.63) is 66.1 Å². The number of hydrogen-bond donors (Lipinski definition) is 0. The Morgan fingerprint density at radius 2 is 1.78 bits per heavy atom. The molecule has 1 aliphatic heterocycles. The van der Waals surface area contributed by atoms with Crippen molar-refractivity contribution in [2.24, 2.45) is 0 Å². The summed E-state index contributed by atoms with van der Waals surface area (Å²) in [7, 11) is 0. The lowest BCUT2D eigenvalue weighted by molar-refractivity contribution is -0.132. The van der Waals surface area contributed by atoms with E-state index in [9.17, 15) is 4.79 Å². The molecular weight excluding hydrogens is 228 g/mol. The van der Waals surface area contributed by atoms with Gasteiger partial charge in [0.15, 0.2) is 0 Å². The first-order valence-corrected chi connectivity index (χ1v) is 5.58. The minimum atomic E-state index is -0.351. The third-order valence-corrected chi connectivity index (χ3v) is 2.57. The second-order valence-electron chi connectivity index (χ2n) is 3.87. The molecule has 0 fully saturated rings. The third kappa shape index (κ3) is 2.11. The molecule has 0 saturated carbocycles. The monoisotopic (exact) mass is 238 g/mol. The van der Waals surface area contributed by atoms with Crippen LogP contribution in [0, 0.1) is 0 Å². The Hall–Kier alpha value is -2.55. The predicted octanol–water partition coefficient (Wildman–Crippen LogP) is 3.40. The zero-order valence-corrected chi connectivity index (χ0v) is 9.50. The molecule has 3 nitrogen and oxygen atoms in total. The first kappa shape index (κ1) is 10.6. The van der Waals surface area contributed by atoms with Gasteiger partial charge in [0.1, 0.15) is 17.3 Å². The van der Waals surface area contributed by atoms with Crippen molar-refractivity contribution in [3.63, 3.8) is 0 Å². The maximum absolute atomic E-state index is 10.9. The van der Waals surface area contributed by atoms with E-state index in [4.69, 9.17) is 9.15 Å². The van der Waals surface area contributed by atoms with Crippen molar-refractivity contribution in [3.8, 4) is 11.3 Å². The molecule has 2 heterocycles. The summed E-state index contributed by atoms with van der Waals surface area (Å²) in [5.74, 6) is 1.59. The fourth-order valence-corrected chi connectivity index (χ4v) is 1.74. The van der Waals surface area contributed by atoms with Crippen molar-refractivity contribution in [2.75, 3.05) is 0 Å². The quantitative estimate of drug-likeness (QED) is 0.753. The van der Waals surface area contributed by atoms with Crippen LogP contribution in [0.15, 0.2) is 64.8 Å². The molecule has 0 bridgehead atoms. The van der Waals surface area contributed by atoms with Crippen molar-refractivity contribution < 1.29 is 13.9 Å². The minimum Gasteiger partial charge on any atom is -0.457 e.